The van der Waals surface area contributed by atoms with Gasteiger partial charge in [0.05, 0.1) is 4.90 Å². The number of hydrogen-bond acceptors (Lipinski definition) is 5. The monoisotopic (exact) mass is 368 g/mol. The number of anilines is 2. The Hall–Kier alpha value is -2.19. The van der Waals surface area contributed by atoms with E-state index in [1.165, 1.54) is 30.5 Å². The largest absolute Gasteiger partial charge is 0.326 e. The maximum Gasteiger partial charge on any atom is 0.264 e. The molecule has 2 N–H and O–H groups in total. The van der Waals surface area contributed by atoms with Gasteiger partial charge < -0.3 is 5.32 Å². The van der Waals surface area contributed by atoms with Crippen LogP contribution in [-0.4, -0.2) is 30.2 Å². The minimum Gasteiger partial charge on any atom is -0.326 e. The summed E-state index contributed by atoms with van der Waals surface area (Å²) in [5, 5.41) is 2.68. The summed E-state index contributed by atoms with van der Waals surface area (Å²) >= 11 is 5.53. The Balaban J connectivity index is 2.07. The number of rotatable bonds is 7. The van der Waals surface area contributed by atoms with Gasteiger partial charge in [0.1, 0.15) is 0 Å². The first-order valence-electron chi connectivity index (χ1n) is 7.19. The number of nitrogens with one attached hydrogen (secondary N) is 2. The molecule has 0 aliphatic carbocycles. The molecule has 128 valence electrons. The molecule has 1 amide bonds. The van der Waals surface area contributed by atoms with Crippen LogP contribution < -0.4 is 10.0 Å². The van der Waals surface area contributed by atoms with Gasteiger partial charge in [0.2, 0.25) is 11.9 Å². The number of carbonyl (C=O) groups excluding carboxylic acids is 1. The van der Waals surface area contributed by atoms with Gasteiger partial charge >= 0.3 is 0 Å². The molecule has 0 fully saturated rings. The Morgan fingerprint density at radius 1 is 1.21 bits per heavy atom. The molecule has 1 heterocycles. The summed E-state index contributed by atoms with van der Waals surface area (Å²) in [5.41, 5.74) is 1.16. The van der Waals surface area contributed by atoms with Crippen LogP contribution in [0.3, 0.4) is 0 Å². The van der Waals surface area contributed by atoms with Gasteiger partial charge in [-0.25, -0.2) is 23.1 Å². The lowest BCUT2D eigenvalue weighted by Crippen LogP contribution is -2.15. The Morgan fingerprint density at radius 2 is 1.92 bits per heavy atom. The first kappa shape index (κ1) is 18.2. The molecule has 0 aliphatic rings. The van der Waals surface area contributed by atoms with Crippen LogP contribution in [0, 0.1) is 6.92 Å². The third kappa shape index (κ3) is 5.17. The summed E-state index contributed by atoms with van der Waals surface area (Å²) in [7, 11) is -3.79. The highest BCUT2D eigenvalue weighted by Crippen LogP contribution is 2.17. The Kier molecular flexibility index (Phi) is 6.10. The van der Waals surface area contributed by atoms with Crippen molar-refractivity contribution in [1.29, 1.82) is 0 Å². The summed E-state index contributed by atoms with van der Waals surface area (Å²) in [6, 6.07) is 7.50. The van der Waals surface area contributed by atoms with Gasteiger partial charge in [-0.3, -0.25) is 4.79 Å². The molecule has 2 aromatic rings. The molecule has 0 spiro atoms. The molecule has 0 saturated carbocycles. The van der Waals surface area contributed by atoms with Crippen LogP contribution in [0.4, 0.5) is 11.6 Å². The topological polar surface area (TPSA) is 101 Å². The van der Waals surface area contributed by atoms with E-state index in [0.29, 0.717) is 30.1 Å². The second-order valence-electron chi connectivity index (χ2n) is 4.99. The molecule has 24 heavy (non-hydrogen) atoms. The molecule has 7 nitrogen and oxygen atoms in total. The molecule has 2 rings (SSSR count). The Morgan fingerprint density at radius 3 is 2.54 bits per heavy atom. The molecule has 0 unspecified atom stereocenters. The van der Waals surface area contributed by atoms with Crippen molar-refractivity contribution in [3.05, 3.63) is 42.2 Å². The number of benzene rings is 1. The van der Waals surface area contributed by atoms with Crippen LogP contribution >= 0.6 is 11.6 Å². The maximum atomic E-state index is 12.3. The minimum atomic E-state index is -3.79. The number of aryl methyl sites for hydroxylation is 1. The van der Waals surface area contributed by atoms with Crippen molar-refractivity contribution in [1.82, 2.24) is 9.97 Å². The number of alkyl halides is 1. The zero-order chi connectivity index (χ0) is 17.6. The SMILES string of the molecule is Cc1ccnc(NS(=O)(=O)c2ccc(NC(=O)CCCCl)cc2)n1. The summed E-state index contributed by atoms with van der Waals surface area (Å²) in [6.45, 7) is 1.74. The average Bonchev–Trinajstić information content (AvgIpc) is 2.53. The van der Waals surface area contributed by atoms with Gasteiger partial charge in [0.25, 0.3) is 10.0 Å². The van der Waals surface area contributed by atoms with Crippen molar-refractivity contribution in [2.75, 3.05) is 15.9 Å². The van der Waals surface area contributed by atoms with Crippen molar-refractivity contribution in [2.24, 2.45) is 0 Å². The molecule has 0 radical (unpaired) electrons. The summed E-state index contributed by atoms with van der Waals surface area (Å²) in [5.74, 6) is 0.253. The molecular weight excluding hydrogens is 352 g/mol. The highest BCUT2D eigenvalue weighted by molar-refractivity contribution is 7.92. The van der Waals surface area contributed by atoms with E-state index in [1.54, 1.807) is 13.0 Å². The molecule has 0 saturated heterocycles. The third-order valence-corrected chi connectivity index (χ3v) is 4.62. The van der Waals surface area contributed by atoms with Gasteiger partial charge in [-0.2, -0.15) is 0 Å². The Labute approximate surface area is 145 Å². The Bertz CT molecular complexity index is 810. The van der Waals surface area contributed by atoms with E-state index in [-0.39, 0.29) is 16.8 Å². The van der Waals surface area contributed by atoms with Crippen LogP contribution in [-0.2, 0) is 14.8 Å². The van der Waals surface area contributed by atoms with Crippen molar-refractivity contribution in [2.45, 2.75) is 24.7 Å². The van der Waals surface area contributed by atoms with Gasteiger partial charge in [-0.05, 0) is 43.7 Å². The lowest BCUT2D eigenvalue weighted by Gasteiger charge is -2.08. The number of halogens is 1. The van der Waals surface area contributed by atoms with Gasteiger partial charge in [0.15, 0.2) is 0 Å². The van der Waals surface area contributed by atoms with Crippen molar-refractivity contribution < 1.29 is 13.2 Å². The van der Waals surface area contributed by atoms with Crippen LogP contribution in [0.1, 0.15) is 18.5 Å². The predicted octanol–water partition coefficient (Wildman–Crippen LogP) is 2.54. The fourth-order valence-corrected chi connectivity index (χ4v) is 2.93. The highest BCUT2D eigenvalue weighted by Gasteiger charge is 2.15. The third-order valence-electron chi connectivity index (χ3n) is 3.01. The zero-order valence-corrected chi connectivity index (χ0v) is 14.6. The first-order valence-corrected chi connectivity index (χ1v) is 9.21. The number of aromatic nitrogens is 2. The fraction of sp³-hybridized carbons (Fsp3) is 0.267. The lowest BCUT2D eigenvalue weighted by molar-refractivity contribution is -0.116. The number of hydrogen-bond donors (Lipinski definition) is 2. The molecule has 1 aromatic heterocycles. The average molecular weight is 369 g/mol. The number of amides is 1. The molecule has 0 bridgehead atoms. The lowest BCUT2D eigenvalue weighted by atomic mass is 10.3. The highest BCUT2D eigenvalue weighted by atomic mass is 35.5. The summed E-state index contributed by atoms with van der Waals surface area (Å²) in [4.78, 5) is 19.5. The van der Waals surface area contributed by atoms with E-state index in [0.717, 1.165) is 0 Å². The van der Waals surface area contributed by atoms with Crippen molar-refractivity contribution in [3.8, 4) is 0 Å². The first-order chi connectivity index (χ1) is 11.4. The number of carbonyl (C=O) groups is 1. The fourth-order valence-electron chi connectivity index (χ4n) is 1.85. The van der Waals surface area contributed by atoms with E-state index in [9.17, 15) is 13.2 Å². The van der Waals surface area contributed by atoms with Crippen LogP contribution in [0.25, 0.3) is 0 Å². The predicted molar refractivity (Wildman–Crippen MR) is 92.6 cm³/mol. The van der Waals surface area contributed by atoms with E-state index in [2.05, 4.69) is 20.0 Å². The molecule has 0 atom stereocenters. The smallest absolute Gasteiger partial charge is 0.264 e. The van der Waals surface area contributed by atoms with Crippen LogP contribution in [0.2, 0.25) is 0 Å². The van der Waals surface area contributed by atoms with Gasteiger partial charge in [-0.1, -0.05) is 0 Å². The van der Waals surface area contributed by atoms with E-state index in [4.69, 9.17) is 11.6 Å². The standard InChI is InChI=1S/C15H17ClN4O3S/c1-11-8-10-17-15(18-11)20-24(22,23)13-6-4-12(5-7-13)19-14(21)3-2-9-16/h4-8,10H,2-3,9H2,1H3,(H,19,21)(H,17,18,20). The van der Waals surface area contributed by atoms with Gasteiger partial charge in [-0.15, -0.1) is 11.6 Å². The maximum absolute atomic E-state index is 12.3. The summed E-state index contributed by atoms with van der Waals surface area (Å²) in [6.07, 6.45) is 2.37. The molecule has 1 aromatic carbocycles. The minimum absolute atomic E-state index is 0.00783. The summed E-state index contributed by atoms with van der Waals surface area (Å²) < 4.78 is 26.9. The van der Waals surface area contributed by atoms with E-state index < -0.39 is 10.0 Å². The second-order valence-corrected chi connectivity index (χ2v) is 7.05. The molecular formula is C15H17ClN4O3S. The second kappa shape index (κ2) is 8.07. The number of sulfonamides is 1. The molecule has 9 heteroatoms. The van der Waals surface area contributed by atoms with Gasteiger partial charge in [0, 0.05) is 29.9 Å². The number of nitrogens with zero attached hydrogens (tertiary/aromatic N) is 2. The molecule has 0 aliphatic heterocycles. The quantitative estimate of drug-likeness (QED) is 0.731. The van der Waals surface area contributed by atoms with Crippen molar-refractivity contribution >= 4 is 39.2 Å². The van der Waals surface area contributed by atoms with E-state index >= 15 is 0 Å². The normalized spacial score (nSPS) is 11.1. The van der Waals surface area contributed by atoms with Crippen molar-refractivity contribution in [3.63, 3.8) is 0 Å². The zero-order valence-electron chi connectivity index (χ0n) is 13.0. The van der Waals surface area contributed by atoms with Crippen LogP contribution in [0.5, 0.6) is 0 Å². The van der Waals surface area contributed by atoms with Crippen LogP contribution in [0.15, 0.2) is 41.4 Å². The van der Waals surface area contributed by atoms with E-state index in [1.807, 2.05) is 0 Å².